The number of nitrogens with one attached hydrogen (secondary N) is 1. The summed E-state index contributed by atoms with van der Waals surface area (Å²) in [7, 11) is 1.97. The van der Waals surface area contributed by atoms with E-state index in [9.17, 15) is 0 Å². The zero-order valence-corrected chi connectivity index (χ0v) is 11.4. The first-order valence-corrected chi connectivity index (χ1v) is 6.41. The van der Waals surface area contributed by atoms with E-state index in [0.717, 1.165) is 17.1 Å². The van der Waals surface area contributed by atoms with Crippen molar-refractivity contribution < 1.29 is 0 Å². The highest BCUT2D eigenvalue weighted by atomic mass is 35.5. The van der Waals surface area contributed by atoms with Crippen LogP contribution >= 0.6 is 11.6 Å². The van der Waals surface area contributed by atoms with Crippen LogP contribution in [0.25, 0.3) is 0 Å². The van der Waals surface area contributed by atoms with Crippen LogP contribution in [-0.2, 0) is 6.42 Å². The number of nitrogens with zero attached hydrogens (tertiary/aromatic N) is 1. The van der Waals surface area contributed by atoms with Gasteiger partial charge in [0.05, 0.1) is 0 Å². The number of likely N-dealkylation sites (N-methyl/N-ethyl adjacent to an activating group) is 1. The molecule has 1 aromatic heterocycles. The Kier molecular flexibility index (Phi) is 4.34. The third kappa shape index (κ3) is 3.09. The summed E-state index contributed by atoms with van der Waals surface area (Å²) in [6.45, 7) is 2.09. The Hall–Kier alpha value is -1.38. The van der Waals surface area contributed by atoms with E-state index in [2.05, 4.69) is 35.4 Å². The van der Waals surface area contributed by atoms with Crippen LogP contribution < -0.4 is 5.32 Å². The predicted octanol–water partition coefficient (Wildman–Crippen LogP) is 3.55. The van der Waals surface area contributed by atoms with Gasteiger partial charge in [-0.05, 0) is 43.3 Å². The van der Waals surface area contributed by atoms with Crippen molar-refractivity contribution in [2.24, 2.45) is 0 Å². The molecule has 2 rings (SSSR count). The summed E-state index contributed by atoms with van der Waals surface area (Å²) < 4.78 is 0. The third-order valence-electron chi connectivity index (χ3n) is 3.14. The normalized spacial score (nSPS) is 12.4. The second-order valence-corrected chi connectivity index (χ2v) is 4.80. The zero-order valence-electron chi connectivity index (χ0n) is 10.7. The van der Waals surface area contributed by atoms with E-state index < -0.39 is 0 Å². The lowest BCUT2D eigenvalue weighted by molar-refractivity contribution is 0.582. The maximum Gasteiger partial charge on any atom is 0.0451 e. The van der Waals surface area contributed by atoms with Gasteiger partial charge in [0.25, 0.3) is 0 Å². The van der Waals surface area contributed by atoms with E-state index >= 15 is 0 Å². The highest BCUT2D eigenvalue weighted by molar-refractivity contribution is 6.30. The second-order valence-electron chi connectivity index (χ2n) is 4.36. The Morgan fingerprint density at radius 1 is 1.22 bits per heavy atom. The Morgan fingerprint density at radius 2 is 1.94 bits per heavy atom. The molecule has 0 amide bonds. The van der Waals surface area contributed by atoms with Crippen LogP contribution in [0.3, 0.4) is 0 Å². The topological polar surface area (TPSA) is 24.9 Å². The van der Waals surface area contributed by atoms with Gasteiger partial charge in [0.2, 0.25) is 0 Å². The van der Waals surface area contributed by atoms with Crippen LogP contribution in [0.1, 0.15) is 22.9 Å². The van der Waals surface area contributed by atoms with Crippen LogP contribution in [0.2, 0.25) is 5.02 Å². The first kappa shape index (κ1) is 13.1. The molecule has 0 fully saturated rings. The fourth-order valence-electron chi connectivity index (χ4n) is 2.01. The van der Waals surface area contributed by atoms with Gasteiger partial charge in [-0.2, -0.15) is 0 Å². The number of halogens is 1. The molecule has 0 aliphatic carbocycles. The summed E-state index contributed by atoms with van der Waals surface area (Å²) in [5.74, 6) is 0. The molecule has 0 aliphatic rings. The molecule has 1 aromatic carbocycles. The van der Waals surface area contributed by atoms with Crippen molar-refractivity contribution >= 4 is 11.6 Å². The van der Waals surface area contributed by atoms with Crippen LogP contribution in [0.15, 0.2) is 42.6 Å². The molecule has 1 unspecified atom stereocenters. The minimum atomic E-state index is 0.260. The quantitative estimate of drug-likeness (QED) is 0.910. The average molecular weight is 261 g/mol. The monoisotopic (exact) mass is 260 g/mol. The Labute approximate surface area is 113 Å². The SMILES string of the molecule is CNC(Cc1ncccc1C)c1ccc(Cl)cc1. The van der Waals surface area contributed by atoms with Gasteiger partial charge in [0.15, 0.2) is 0 Å². The molecule has 0 radical (unpaired) electrons. The molecule has 1 heterocycles. The van der Waals surface area contributed by atoms with Gasteiger partial charge in [-0.3, -0.25) is 4.98 Å². The van der Waals surface area contributed by atoms with E-state index in [-0.39, 0.29) is 6.04 Å². The summed E-state index contributed by atoms with van der Waals surface area (Å²) in [5, 5.41) is 4.10. The van der Waals surface area contributed by atoms with Crippen LogP contribution in [-0.4, -0.2) is 12.0 Å². The van der Waals surface area contributed by atoms with Gasteiger partial charge in [-0.1, -0.05) is 29.8 Å². The Morgan fingerprint density at radius 3 is 2.56 bits per heavy atom. The predicted molar refractivity (Wildman–Crippen MR) is 75.9 cm³/mol. The summed E-state index contributed by atoms with van der Waals surface area (Å²) in [4.78, 5) is 4.44. The molecule has 1 N–H and O–H groups in total. The van der Waals surface area contributed by atoms with Gasteiger partial charge in [0, 0.05) is 29.4 Å². The number of hydrogen-bond donors (Lipinski definition) is 1. The van der Waals surface area contributed by atoms with Crippen molar-refractivity contribution in [2.45, 2.75) is 19.4 Å². The Balaban J connectivity index is 2.20. The highest BCUT2D eigenvalue weighted by Crippen LogP contribution is 2.20. The maximum atomic E-state index is 5.91. The number of aryl methyl sites for hydroxylation is 1. The maximum absolute atomic E-state index is 5.91. The highest BCUT2D eigenvalue weighted by Gasteiger charge is 2.12. The molecule has 2 nitrogen and oxygen atoms in total. The fraction of sp³-hybridized carbons (Fsp3) is 0.267. The van der Waals surface area contributed by atoms with Gasteiger partial charge in [0.1, 0.15) is 0 Å². The van der Waals surface area contributed by atoms with Gasteiger partial charge >= 0.3 is 0 Å². The van der Waals surface area contributed by atoms with Gasteiger partial charge in [-0.25, -0.2) is 0 Å². The molecule has 0 saturated heterocycles. The minimum absolute atomic E-state index is 0.260. The Bertz CT molecular complexity index is 508. The smallest absolute Gasteiger partial charge is 0.0451 e. The van der Waals surface area contributed by atoms with E-state index in [0.29, 0.717) is 0 Å². The van der Waals surface area contributed by atoms with Crippen molar-refractivity contribution in [2.75, 3.05) is 7.05 Å². The summed E-state index contributed by atoms with van der Waals surface area (Å²) in [5.41, 5.74) is 3.59. The molecule has 18 heavy (non-hydrogen) atoms. The van der Waals surface area contributed by atoms with Crippen molar-refractivity contribution in [3.63, 3.8) is 0 Å². The van der Waals surface area contributed by atoms with E-state index in [4.69, 9.17) is 11.6 Å². The molecule has 0 saturated carbocycles. The fourth-order valence-corrected chi connectivity index (χ4v) is 2.13. The van der Waals surface area contributed by atoms with E-state index in [1.807, 2.05) is 31.4 Å². The van der Waals surface area contributed by atoms with E-state index in [1.54, 1.807) is 0 Å². The minimum Gasteiger partial charge on any atom is -0.313 e. The number of pyridine rings is 1. The molecule has 1 atom stereocenters. The summed E-state index contributed by atoms with van der Waals surface area (Å²) >= 11 is 5.91. The van der Waals surface area contributed by atoms with Gasteiger partial charge < -0.3 is 5.32 Å². The second kappa shape index (κ2) is 5.98. The molecule has 3 heteroatoms. The van der Waals surface area contributed by atoms with Crippen LogP contribution in [0.4, 0.5) is 0 Å². The standard InChI is InChI=1S/C15H17ClN2/c1-11-4-3-9-18-14(11)10-15(17-2)12-5-7-13(16)8-6-12/h3-9,15,17H,10H2,1-2H3. The lowest BCUT2D eigenvalue weighted by Gasteiger charge is -2.17. The first-order chi connectivity index (χ1) is 8.70. The van der Waals surface area contributed by atoms with Crippen molar-refractivity contribution in [1.82, 2.24) is 10.3 Å². The lowest BCUT2D eigenvalue weighted by atomic mass is 10.00. The molecule has 0 bridgehead atoms. The van der Waals surface area contributed by atoms with Gasteiger partial charge in [-0.15, -0.1) is 0 Å². The largest absolute Gasteiger partial charge is 0.313 e. The zero-order chi connectivity index (χ0) is 13.0. The van der Waals surface area contributed by atoms with Crippen molar-refractivity contribution in [3.05, 3.63) is 64.4 Å². The molecule has 2 aromatic rings. The molecular formula is C15H17ClN2. The molecule has 94 valence electrons. The number of hydrogen-bond acceptors (Lipinski definition) is 2. The molecule has 0 aliphatic heterocycles. The van der Waals surface area contributed by atoms with Crippen LogP contribution in [0, 0.1) is 6.92 Å². The number of benzene rings is 1. The van der Waals surface area contributed by atoms with Crippen LogP contribution in [0.5, 0.6) is 0 Å². The number of rotatable bonds is 4. The van der Waals surface area contributed by atoms with Crippen molar-refractivity contribution in [3.8, 4) is 0 Å². The number of aromatic nitrogens is 1. The molecular weight excluding hydrogens is 244 g/mol. The lowest BCUT2D eigenvalue weighted by Crippen LogP contribution is -2.19. The van der Waals surface area contributed by atoms with Crippen molar-refractivity contribution in [1.29, 1.82) is 0 Å². The molecule has 0 spiro atoms. The van der Waals surface area contributed by atoms with E-state index in [1.165, 1.54) is 11.1 Å². The summed E-state index contributed by atoms with van der Waals surface area (Å²) in [6.07, 6.45) is 2.72. The average Bonchev–Trinajstić information content (AvgIpc) is 2.39. The third-order valence-corrected chi connectivity index (χ3v) is 3.39. The summed E-state index contributed by atoms with van der Waals surface area (Å²) in [6, 6.07) is 12.3. The first-order valence-electron chi connectivity index (χ1n) is 6.04.